The lowest BCUT2D eigenvalue weighted by molar-refractivity contribution is -0.143. The molecule has 3 N–H and O–H groups in total. The Labute approximate surface area is 455 Å². The lowest BCUT2D eigenvalue weighted by atomic mass is 10.0. The lowest BCUT2D eigenvalue weighted by Crippen LogP contribution is -2.45. The molecule has 0 aliphatic rings. The minimum absolute atomic E-state index is 0.00680. The van der Waals surface area contributed by atoms with Crippen LogP contribution in [0.25, 0.3) is 0 Å². The Morgan fingerprint density at radius 1 is 0.384 bits per heavy atom. The van der Waals surface area contributed by atoms with E-state index < -0.39 is 12.1 Å². The third kappa shape index (κ3) is 59.2. The van der Waals surface area contributed by atoms with Gasteiger partial charge in [0.1, 0.15) is 0 Å². The molecule has 0 saturated heterocycles. The number of carbonyl (C=O) groups excluding carboxylic acids is 2. The summed E-state index contributed by atoms with van der Waals surface area (Å²) in [5.74, 6) is -0.0586. The van der Waals surface area contributed by atoms with E-state index in [0.29, 0.717) is 19.4 Å². The van der Waals surface area contributed by atoms with E-state index in [2.05, 4.69) is 43.5 Å². The van der Waals surface area contributed by atoms with Crippen molar-refractivity contribution in [1.29, 1.82) is 0 Å². The number of hydrogen-bond donors (Lipinski definition) is 3. The van der Waals surface area contributed by atoms with Crippen molar-refractivity contribution in [2.45, 2.75) is 366 Å². The molecule has 0 aromatic heterocycles. The Balaban J connectivity index is 3.30. The summed E-state index contributed by atoms with van der Waals surface area (Å²) in [5, 5.41) is 23.0. The fraction of sp³-hybridized carbons (Fsp3) is 0.881. The minimum Gasteiger partial charge on any atom is -0.466 e. The Kier molecular flexibility index (Phi) is 61.0. The molecule has 6 nitrogen and oxygen atoms in total. The van der Waals surface area contributed by atoms with Gasteiger partial charge < -0.3 is 20.3 Å². The van der Waals surface area contributed by atoms with Crippen molar-refractivity contribution in [2.75, 3.05) is 13.2 Å². The van der Waals surface area contributed by atoms with Gasteiger partial charge in [0.05, 0.1) is 25.4 Å². The zero-order valence-corrected chi connectivity index (χ0v) is 49.1. The van der Waals surface area contributed by atoms with E-state index in [-0.39, 0.29) is 18.5 Å². The van der Waals surface area contributed by atoms with E-state index in [9.17, 15) is 19.8 Å². The van der Waals surface area contributed by atoms with Gasteiger partial charge in [-0.2, -0.15) is 0 Å². The molecule has 0 aliphatic carbocycles. The second-order valence-electron chi connectivity index (χ2n) is 22.5. The average Bonchev–Trinajstić information content (AvgIpc) is 3.39. The highest BCUT2D eigenvalue weighted by Gasteiger charge is 2.18. The summed E-state index contributed by atoms with van der Waals surface area (Å²) >= 11 is 0. The maximum Gasteiger partial charge on any atom is 0.305 e. The van der Waals surface area contributed by atoms with Gasteiger partial charge in [-0.05, 0) is 64.2 Å². The van der Waals surface area contributed by atoms with Crippen molar-refractivity contribution in [2.24, 2.45) is 0 Å². The Morgan fingerprint density at radius 2 is 0.685 bits per heavy atom. The summed E-state index contributed by atoms with van der Waals surface area (Å²) in [6.07, 6.45) is 79.4. The van der Waals surface area contributed by atoms with Crippen LogP contribution in [0.5, 0.6) is 0 Å². The summed E-state index contributed by atoms with van der Waals surface area (Å²) in [6.45, 7) is 4.86. The first kappa shape index (κ1) is 71.1. The first-order valence-electron chi connectivity index (χ1n) is 32.8. The molecule has 0 radical (unpaired) electrons. The summed E-state index contributed by atoms with van der Waals surface area (Å²) in [7, 11) is 0. The molecule has 6 heteroatoms. The molecule has 73 heavy (non-hydrogen) atoms. The molecule has 2 atom stereocenters. The summed E-state index contributed by atoms with van der Waals surface area (Å²) in [5.41, 5.74) is 0. The van der Waals surface area contributed by atoms with Gasteiger partial charge in [0.2, 0.25) is 5.91 Å². The Morgan fingerprint density at radius 3 is 1.07 bits per heavy atom. The molecule has 0 spiro atoms. The van der Waals surface area contributed by atoms with E-state index in [1.165, 1.54) is 276 Å². The molecule has 430 valence electrons. The van der Waals surface area contributed by atoms with E-state index >= 15 is 0 Å². The van der Waals surface area contributed by atoms with Crippen LogP contribution in [0.3, 0.4) is 0 Å². The normalized spacial score (nSPS) is 12.8. The Bertz CT molecular complexity index is 1180. The van der Waals surface area contributed by atoms with Gasteiger partial charge in [-0.3, -0.25) is 9.59 Å². The van der Waals surface area contributed by atoms with E-state index in [4.69, 9.17) is 4.74 Å². The second kappa shape index (κ2) is 62.6. The zero-order valence-electron chi connectivity index (χ0n) is 49.1. The topological polar surface area (TPSA) is 95.9 Å². The van der Waals surface area contributed by atoms with Crippen LogP contribution in [0.15, 0.2) is 36.5 Å². The van der Waals surface area contributed by atoms with Gasteiger partial charge in [0, 0.05) is 12.8 Å². The summed E-state index contributed by atoms with van der Waals surface area (Å²) in [4.78, 5) is 24.5. The van der Waals surface area contributed by atoms with Crippen LogP contribution in [0.2, 0.25) is 0 Å². The van der Waals surface area contributed by atoms with Crippen molar-refractivity contribution in [3.8, 4) is 0 Å². The first-order valence-corrected chi connectivity index (χ1v) is 32.8. The predicted molar refractivity (Wildman–Crippen MR) is 319 cm³/mol. The molecular formula is C67H127NO5. The van der Waals surface area contributed by atoms with Crippen LogP contribution in [0, 0.1) is 0 Å². The zero-order chi connectivity index (χ0) is 52.9. The monoisotopic (exact) mass is 1030 g/mol. The molecule has 1 amide bonds. The SMILES string of the molecule is CCCCC/C=C\C/C=C\CCCCCCCC(=O)OCCCCCCCCCCCCCCCCCCCCCCCCCCCCCCCCCCC(=O)NC(CO)C(O)/C=C/CCCCCCCCC. The maximum absolute atomic E-state index is 12.4. The van der Waals surface area contributed by atoms with Gasteiger partial charge in [-0.15, -0.1) is 0 Å². The van der Waals surface area contributed by atoms with Crippen LogP contribution in [0.1, 0.15) is 354 Å². The quantitative estimate of drug-likeness (QED) is 0.0320. The van der Waals surface area contributed by atoms with Crippen molar-refractivity contribution in [3.63, 3.8) is 0 Å². The van der Waals surface area contributed by atoms with Crippen molar-refractivity contribution >= 4 is 11.9 Å². The molecule has 0 aromatic carbocycles. The Hall–Kier alpha value is -1.92. The van der Waals surface area contributed by atoms with Crippen LogP contribution in [-0.4, -0.2) is 47.4 Å². The molecule has 0 aliphatic heterocycles. The highest BCUT2D eigenvalue weighted by molar-refractivity contribution is 5.76. The number of rotatable bonds is 61. The maximum atomic E-state index is 12.4. The lowest BCUT2D eigenvalue weighted by Gasteiger charge is -2.20. The van der Waals surface area contributed by atoms with Gasteiger partial charge >= 0.3 is 5.97 Å². The first-order chi connectivity index (χ1) is 36.0. The molecule has 0 bridgehead atoms. The van der Waals surface area contributed by atoms with Crippen molar-refractivity contribution < 1.29 is 24.5 Å². The number of nitrogens with one attached hydrogen (secondary N) is 1. The third-order valence-electron chi connectivity index (χ3n) is 15.2. The van der Waals surface area contributed by atoms with Crippen molar-refractivity contribution in [1.82, 2.24) is 5.32 Å². The molecule has 0 fully saturated rings. The number of unbranched alkanes of at least 4 members (excludes halogenated alkanes) is 46. The summed E-state index contributed by atoms with van der Waals surface area (Å²) < 4.78 is 5.49. The molecule has 0 aromatic rings. The minimum atomic E-state index is -0.839. The number of ether oxygens (including phenoxy) is 1. The molecule has 2 unspecified atom stereocenters. The van der Waals surface area contributed by atoms with E-state index in [1.54, 1.807) is 6.08 Å². The smallest absolute Gasteiger partial charge is 0.305 e. The van der Waals surface area contributed by atoms with Crippen LogP contribution >= 0.6 is 0 Å². The van der Waals surface area contributed by atoms with E-state index in [1.807, 2.05) is 6.08 Å². The number of amides is 1. The predicted octanol–water partition coefficient (Wildman–Crippen LogP) is 20.8. The number of esters is 1. The standard InChI is InChI=1S/C67H127NO5/c1-3-5-7-9-11-13-14-15-34-38-41-45-49-53-57-61-67(72)73-62-58-54-50-46-42-39-36-33-31-29-27-25-23-21-19-17-16-18-20-22-24-26-28-30-32-35-37-40-44-48-52-56-60-66(71)68-64(63-69)65(70)59-55-51-47-43-12-10-8-6-4-2/h11,13,15,34,55,59,64-65,69-70H,3-10,12,14,16-33,35-54,56-58,60-63H2,1-2H3,(H,68,71)/b13-11-,34-15-,59-55+. The van der Waals surface area contributed by atoms with Gasteiger partial charge in [-0.1, -0.05) is 314 Å². The van der Waals surface area contributed by atoms with Crippen LogP contribution < -0.4 is 5.32 Å². The fourth-order valence-corrected chi connectivity index (χ4v) is 10.1. The fourth-order valence-electron chi connectivity index (χ4n) is 10.1. The molecular weight excluding hydrogens is 899 g/mol. The number of allylic oxidation sites excluding steroid dienone is 5. The highest BCUT2D eigenvalue weighted by Crippen LogP contribution is 2.18. The second-order valence-corrected chi connectivity index (χ2v) is 22.5. The third-order valence-corrected chi connectivity index (χ3v) is 15.2. The van der Waals surface area contributed by atoms with Gasteiger partial charge in [0.15, 0.2) is 0 Å². The number of aliphatic hydroxyl groups excluding tert-OH is 2. The molecule has 0 heterocycles. The molecule has 0 rings (SSSR count). The highest BCUT2D eigenvalue weighted by atomic mass is 16.5. The van der Waals surface area contributed by atoms with Crippen LogP contribution in [0.4, 0.5) is 0 Å². The van der Waals surface area contributed by atoms with Crippen LogP contribution in [-0.2, 0) is 14.3 Å². The number of hydrogen-bond acceptors (Lipinski definition) is 5. The van der Waals surface area contributed by atoms with Gasteiger partial charge in [-0.25, -0.2) is 0 Å². The average molecular weight is 1030 g/mol. The van der Waals surface area contributed by atoms with E-state index in [0.717, 1.165) is 51.4 Å². The molecule has 0 saturated carbocycles. The summed E-state index contributed by atoms with van der Waals surface area (Å²) in [6, 6.07) is -0.622. The van der Waals surface area contributed by atoms with Crippen molar-refractivity contribution in [3.05, 3.63) is 36.5 Å². The van der Waals surface area contributed by atoms with Gasteiger partial charge in [0.25, 0.3) is 0 Å². The number of carbonyl (C=O) groups is 2. The number of aliphatic hydroxyl groups is 2. The largest absolute Gasteiger partial charge is 0.466 e.